The minimum Gasteiger partial charge on any atom is -0.506 e. The maximum Gasteiger partial charge on any atom is 0.141 e. The first-order valence-electron chi connectivity index (χ1n) is 4.07. The smallest absolute Gasteiger partial charge is 0.141 e. The van der Waals surface area contributed by atoms with Gasteiger partial charge in [0.05, 0.1) is 5.69 Å². The molecule has 0 fully saturated rings. The molecular weight excluding hydrogens is 152 g/mol. The van der Waals surface area contributed by atoms with E-state index in [0.29, 0.717) is 12.2 Å². The van der Waals surface area contributed by atoms with Gasteiger partial charge in [0.1, 0.15) is 5.75 Å². The molecule has 3 nitrogen and oxygen atoms in total. The van der Waals surface area contributed by atoms with Crippen molar-refractivity contribution in [3.63, 3.8) is 0 Å². The number of rotatable bonds is 2. The Morgan fingerprint density at radius 1 is 1.58 bits per heavy atom. The van der Waals surface area contributed by atoms with E-state index in [2.05, 4.69) is 4.98 Å². The number of nitrogens with zero attached hydrogens (tertiary/aromatic N) is 1. The molecule has 1 aromatic heterocycles. The average Bonchev–Trinajstić information content (AvgIpc) is 2.09. The van der Waals surface area contributed by atoms with Gasteiger partial charge in [-0.2, -0.15) is 0 Å². The fourth-order valence-corrected chi connectivity index (χ4v) is 1.22. The Kier molecular flexibility index (Phi) is 2.65. The van der Waals surface area contributed by atoms with Crippen LogP contribution in [0.25, 0.3) is 0 Å². The van der Waals surface area contributed by atoms with Crippen molar-refractivity contribution >= 4 is 0 Å². The first-order chi connectivity index (χ1) is 5.70. The molecule has 0 bridgehead atoms. The van der Waals surface area contributed by atoms with E-state index in [-0.39, 0.29) is 5.75 Å². The maximum absolute atomic E-state index is 9.57. The number of hydrogen-bond donors (Lipinski definition) is 2. The highest BCUT2D eigenvalue weighted by Gasteiger charge is 2.07. The molecule has 66 valence electrons. The van der Waals surface area contributed by atoms with Crippen molar-refractivity contribution < 1.29 is 5.11 Å². The Balaban J connectivity index is 3.25. The van der Waals surface area contributed by atoms with E-state index >= 15 is 0 Å². The Bertz CT molecular complexity index is 284. The summed E-state index contributed by atoms with van der Waals surface area (Å²) in [5.74, 6) is 0.247. The van der Waals surface area contributed by atoms with Crippen molar-refractivity contribution in [1.82, 2.24) is 4.98 Å². The third-order valence-electron chi connectivity index (χ3n) is 2.02. The zero-order valence-electron chi connectivity index (χ0n) is 7.46. The molecule has 0 saturated carbocycles. The van der Waals surface area contributed by atoms with Crippen molar-refractivity contribution in [2.24, 2.45) is 5.73 Å². The first-order valence-corrected chi connectivity index (χ1v) is 4.07. The molecule has 0 unspecified atom stereocenters. The summed E-state index contributed by atoms with van der Waals surface area (Å²) in [6, 6.07) is 0. The predicted molar refractivity (Wildman–Crippen MR) is 47.9 cm³/mol. The third-order valence-corrected chi connectivity index (χ3v) is 2.02. The second kappa shape index (κ2) is 3.54. The lowest BCUT2D eigenvalue weighted by atomic mass is 10.1. The van der Waals surface area contributed by atoms with Crippen LogP contribution in [-0.2, 0) is 13.0 Å². The summed E-state index contributed by atoms with van der Waals surface area (Å²) in [4.78, 5) is 4.05. The van der Waals surface area contributed by atoms with Gasteiger partial charge in [0.25, 0.3) is 0 Å². The van der Waals surface area contributed by atoms with E-state index in [4.69, 9.17) is 5.73 Å². The zero-order valence-corrected chi connectivity index (χ0v) is 7.46. The summed E-state index contributed by atoms with van der Waals surface area (Å²) >= 11 is 0. The van der Waals surface area contributed by atoms with Crippen LogP contribution in [-0.4, -0.2) is 10.1 Å². The molecule has 0 aromatic carbocycles. The number of hydrogen-bond acceptors (Lipinski definition) is 3. The number of aryl methyl sites for hydroxylation is 2. The van der Waals surface area contributed by atoms with Crippen LogP contribution in [0, 0.1) is 6.92 Å². The Morgan fingerprint density at radius 3 is 2.75 bits per heavy atom. The van der Waals surface area contributed by atoms with Crippen LogP contribution in [0.5, 0.6) is 5.75 Å². The normalized spacial score (nSPS) is 10.2. The minimum atomic E-state index is 0.247. The highest BCUT2D eigenvalue weighted by Crippen LogP contribution is 2.22. The zero-order chi connectivity index (χ0) is 9.14. The van der Waals surface area contributed by atoms with E-state index in [1.54, 1.807) is 13.1 Å². The molecule has 1 aromatic rings. The third kappa shape index (κ3) is 1.41. The fraction of sp³-hybridized carbons (Fsp3) is 0.444. The van der Waals surface area contributed by atoms with Crippen molar-refractivity contribution in [3.8, 4) is 5.75 Å². The van der Waals surface area contributed by atoms with E-state index in [1.165, 1.54) is 0 Å². The van der Waals surface area contributed by atoms with Gasteiger partial charge in [-0.1, -0.05) is 6.92 Å². The molecule has 0 saturated heterocycles. The highest BCUT2D eigenvalue weighted by atomic mass is 16.3. The molecule has 0 amide bonds. The monoisotopic (exact) mass is 166 g/mol. The Hall–Kier alpha value is -1.09. The van der Waals surface area contributed by atoms with E-state index in [1.807, 2.05) is 6.92 Å². The molecule has 1 rings (SSSR count). The summed E-state index contributed by atoms with van der Waals surface area (Å²) in [5, 5.41) is 9.57. The second-order valence-corrected chi connectivity index (χ2v) is 2.75. The molecule has 3 heteroatoms. The molecule has 12 heavy (non-hydrogen) atoms. The van der Waals surface area contributed by atoms with Gasteiger partial charge in [-0.15, -0.1) is 0 Å². The lowest BCUT2D eigenvalue weighted by Gasteiger charge is -2.08. The Labute approximate surface area is 72.2 Å². The SMILES string of the molecule is CCc1cnc(C)c(O)c1CN. The number of pyridine rings is 1. The van der Waals surface area contributed by atoms with Crippen molar-refractivity contribution in [2.75, 3.05) is 0 Å². The molecule has 0 aliphatic carbocycles. The van der Waals surface area contributed by atoms with Crippen LogP contribution in [0.3, 0.4) is 0 Å². The van der Waals surface area contributed by atoms with Gasteiger partial charge in [-0.3, -0.25) is 4.98 Å². The van der Waals surface area contributed by atoms with E-state index in [9.17, 15) is 5.11 Å². The van der Waals surface area contributed by atoms with E-state index in [0.717, 1.165) is 17.5 Å². The van der Waals surface area contributed by atoms with Crippen LogP contribution < -0.4 is 5.73 Å². The van der Waals surface area contributed by atoms with Crippen molar-refractivity contribution in [3.05, 3.63) is 23.0 Å². The van der Waals surface area contributed by atoms with Crippen LogP contribution >= 0.6 is 0 Å². The number of aromatic hydroxyl groups is 1. The van der Waals surface area contributed by atoms with Gasteiger partial charge < -0.3 is 10.8 Å². The van der Waals surface area contributed by atoms with Gasteiger partial charge in [-0.05, 0) is 18.9 Å². The minimum absolute atomic E-state index is 0.247. The molecular formula is C9H14N2O. The summed E-state index contributed by atoms with van der Waals surface area (Å²) in [5.41, 5.74) is 8.01. The topological polar surface area (TPSA) is 59.1 Å². The fourth-order valence-electron chi connectivity index (χ4n) is 1.22. The van der Waals surface area contributed by atoms with Gasteiger partial charge in [0.15, 0.2) is 0 Å². The van der Waals surface area contributed by atoms with Crippen LogP contribution in [0.2, 0.25) is 0 Å². The molecule has 3 N–H and O–H groups in total. The van der Waals surface area contributed by atoms with Crippen LogP contribution in [0.15, 0.2) is 6.20 Å². The van der Waals surface area contributed by atoms with Crippen LogP contribution in [0.1, 0.15) is 23.7 Å². The quantitative estimate of drug-likeness (QED) is 0.692. The van der Waals surface area contributed by atoms with Gasteiger partial charge in [0.2, 0.25) is 0 Å². The maximum atomic E-state index is 9.57. The predicted octanol–water partition coefficient (Wildman–Crippen LogP) is 1.12. The van der Waals surface area contributed by atoms with Gasteiger partial charge >= 0.3 is 0 Å². The molecule has 0 atom stereocenters. The molecule has 0 radical (unpaired) electrons. The molecule has 0 aliphatic heterocycles. The van der Waals surface area contributed by atoms with Gasteiger partial charge in [-0.25, -0.2) is 0 Å². The standard InChI is InChI=1S/C9H14N2O/c1-3-7-5-11-6(2)9(12)8(7)4-10/h5,12H,3-4,10H2,1-2H3. The van der Waals surface area contributed by atoms with Crippen molar-refractivity contribution in [2.45, 2.75) is 26.8 Å². The summed E-state index contributed by atoms with van der Waals surface area (Å²) in [6.07, 6.45) is 2.63. The lowest BCUT2D eigenvalue weighted by molar-refractivity contribution is 0.459. The highest BCUT2D eigenvalue weighted by molar-refractivity contribution is 5.40. The van der Waals surface area contributed by atoms with E-state index < -0.39 is 0 Å². The molecule has 0 aliphatic rings. The largest absolute Gasteiger partial charge is 0.506 e. The van der Waals surface area contributed by atoms with Crippen molar-refractivity contribution in [1.29, 1.82) is 0 Å². The number of aromatic nitrogens is 1. The summed E-state index contributed by atoms with van der Waals surface area (Å²) in [6.45, 7) is 4.16. The average molecular weight is 166 g/mol. The first kappa shape index (κ1) is 9.00. The molecule has 1 heterocycles. The Morgan fingerprint density at radius 2 is 2.25 bits per heavy atom. The summed E-state index contributed by atoms with van der Waals surface area (Å²) in [7, 11) is 0. The second-order valence-electron chi connectivity index (χ2n) is 2.75. The lowest BCUT2D eigenvalue weighted by Crippen LogP contribution is -2.03. The van der Waals surface area contributed by atoms with Crippen LogP contribution in [0.4, 0.5) is 0 Å². The number of nitrogens with two attached hydrogens (primary N) is 1. The summed E-state index contributed by atoms with van der Waals surface area (Å²) < 4.78 is 0. The molecule has 0 spiro atoms. The van der Waals surface area contributed by atoms with Gasteiger partial charge in [0, 0.05) is 18.3 Å².